The Morgan fingerprint density at radius 3 is 2.79 bits per heavy atom. The topological polar surface area (TPSA) is 24.9 Å². The molecular weight excluding hydrogens is 193 g/mol. The van der Waals surface area contributed by atoms with Crippen molar-refractivity contribution in [3.8, 4) is 0 Å². The summed E-state index contributed by atoms with van der Waals surface area (Å²) in [6.45, 7) is 3.82. The van der Waals surface area contributed by atoms with Gasteiger partial charge in [-0.05, 0) is 12.1 Å². The fourth-order valence-electron chi connectivity index (χ4n) is 0.880. The van der Waals surface area contributed by atoms with Crippen molar-refractivity contribution in [2.24, 2.45) is 0 Å². The molecule has 0 aliphatic heterocycles. The van der Waals surface area contributed by atoms with Crippen molar-refractivity contribution in [3.63, 3.8) is 0 Å². The van der Waals surface area contributed by atoms with E-state index < -0.39 is 11.7 Å². The fraction of sp³-hybridized carbons (Fsp3) is 0.222. The van der Waals surface area contributed by atoms with E-state index in [0.29, 0.717) is 6.54 Å². The van der Waals surface area contributed by atoms with Crippen LogP contribution in [0.25, 0.3) is 0 Å². The Bertz CT molecular complexity index is 320. The SMILES string of the molecule is C=CCNc1cc(C(F)(F)F)ccn1. The average molecular weight is 202 g/mol. The molecule has 14 heavy (non-hydrogen) atoms. The highest BCUT2D eigenvalue weighted by molar-refractivity contribution is 5.38. The van der Waals surface area contributed by atoms with Crippen LogP contribution in [0.2, 0.25) is 0 Å². The Kier molecular flexibility index (Phi) is 3.11. The normalized spacial score (nSPS) is 11.1. The van der Waals surface area contributed by atoms with Crippen molar-refractivity contribution in [1.82, 2.24) is 4.98 Å². The third-order valence-electron chi connectivity index (χ3n) is 1.51. The van der Waals surface area contributed by atoms with Crippen LogP contribution in [0.15, 0.2) is 31.0 Å². The van der Waals surface area contributed by atoms with E-state index in [2.05, 4.69) is 16.9 Å². The van der Waals surface area contributed by atoms with Gasteiger partial charge in [0.1, 0.15) is 5.82 Å². The molecule has 0 amide bonds. The van der Waals surface area contributed by atoms with Crippen LogP contribution in [0.5, 0.6) is 0 Å². The summed E-state index contributed by atoms with van der Waals surface area (Å²) in [7, 11) is 0. The van der Waals surface area contributed by atoms with Crippen molar-refractivity contribution in [1.29, 1.82) is 0 Å². The summed E-state index contributed by atoms with van der Waals surface area (Å²) in [5, 5.41) is 2.68. The van der Waals surface area contributed by atoms with Gasteiger partial charge >= 0.3 is 6.18 Å². The van der Waals surface area contributed by atoms with Gasteiger partial charge in [-0.2, -0.15) is 13.2 Å². The van der Waals surface area contributed by atoms with Crippen LogP contribution in [-0.2, 0) is 6.18 Å². The van der Waals surface area contributed by atoms with Crippen LogP contribution in [0, 0.1) is 0 Å². The second kappa shape index (κ2) is 4.13. The van der Waals surface area contributed by atoms with E-state index in [0.717, 1.165) is 18.3 Å². The zero-order valence-electron chi connectivity index (χ0n) is 7.30. The number of pyridine rings is 1. The molecule has 5 heteroatoms. The first-order valence-corrected chi connectivity index (χ1v) is 3.92. The van der Waals surface area contributed by atoms with E-state index in [9.17, 15) is 13.2 Å². The van der Waals surface area contributed by atoms with Crippen LogP contribution < -0.4 is 5.32 Å². The molecular formula is C9H9F3N2. The van der Waals surface area contributed by atoms with E-state index in [4.69, 9.17) is 0 Å². The summed E-state index contributed by atoms with van der Waals surface area (Å²) in [6, 6.07) is 1.89. The largest absolute Gasteiger partial charge is 0.416 e. The van der Waals surface area contributed by atoms with E-state index in [1.807, 2.05) is 0 Å². The molecule has 0 radical (unpaired) electrons. The van der Waals surface area contributed by atoms with Crippen molar-refractivity contribution in [2.45, 2.75) is 6.18 Å². The molecule has 0 aliphatic rings. The van der Waals surface area contributed by atoms with Crippen molar-refractivity contribution >= 4 is 5.82 Å². The number of alkyl halides is 3. The lowest BCUT2D eigenvalue weighted by Gasteiger charge is -2.08. The summed E-state index contributed by atoms with van der Waals surface area (Å²) in [5.74, 6) is 0.194. The maximum absolute atomic E-state index is 12.2. The van der Waals surface area contributed by atoms with E-state index >= 15 is 0 Å². The first-order valence-electron chi connectivity index (χ1n) is 3.92. The highest BCUT2D eigenvalue weighted by Crippen LogP contribution is 2.29. The Hall–Kier alpha value is -1.52. The number of rotatable bonds is 3. The van der Waals surface area contributed by atoms with Crippen molar-refractivity contribution in [2.75, 3.05) is 11.9 Å². The van der Waals surface area contributed by atoms with Crippen LogP contribution >= 0.6 is 0 Å². The zero-order valence-corrected chi connectivity index (χ0v) is 7.30. The molecule has 0 fully saturated rings. The van der Waals surface area contributed by atoms with E-state index in [1.165, 1.54) is 0 Å². The summed E-state index contributed by atoms with van der Waals surface area (Å²) < 4.78 is 36.6. The van der Waals surface area contributed by atoms with Gasteiger partial charge in [0.25, 0.3) is 0 Å². The number of anilines is 1. The lowest BCUT2D eigenvalue weighted by atomic mass is 10.2. The van der Waals surface area contributed by atoms with E-state index in [-0.39, 0.29) is 5.82 Å². The number of hydrogen-bond donors (Lipinski definition) is 1. The molecule has 0 aromatic carbocycles. The van der Waals surface area contributed by atoms with Gasteiger partial charge < -0.3 is 5.32 Å². The van der Waals surface area contributed by atoms with Gasteiger partial charge in [-0.3, -0.25) is 0 Å². The van der Waals surface area contributed by atoms with Gasteiger partial charge in [-0.1, -0.05) is 6.08 Å². The molecule has 1 N–H and O–H groups in total. The molecule has 1 aromatic heterocycles. The molecule has 1 rings (SSSR count). The summed E-state index contributed by atoms with van der Waals surface area (Å²) in [6.07, 6.45) is -1.66. The minimum atomic E-state index is -4.33. The Labute approximate surface area is 79.5 Å². The molecule has 0 atom stereocenters. The van der Waals surface area contributed by atoms with E-state index in [1.54, 1.807) is 6.08 Å². The first kappa shape index (κ1) is 10.6. The monoisotopic (exact) mass is 202 g/mol. The highest BCUT2D eigenvalue weighted by Gasteiger charge is 2.30. The van der Waals surface area contributed by atoms with Gasteiger partial charge in [0, 0.05) is 12.7 Å². The number of halogens is 3. The Balaban J connectivity index is 2.84. The third kappa shape index (κ3) is 2.76. The Morgan fingerprint density at radius 1 is 1.50 bits per heavy atom. The van der Waals surface area contributed by atoms with Gasteiger partial charge in [-0.15, -0.1) is 6.58 Å². The van der Waals surface area contributed by atoms with Crippen LogP contribution in [-0.4, -0.2) is 11.5 Å². The molecule has 2 nitrogen and oxygen atoms in total. The third-order valence-corrected chi connectivity index (χ3v) is 1.51. The Morgan fingerprint density at radius 2 is 2.21 bits per heavy atom. The number of nitrogens with zero attached hydrogens (tertiary/aromatic N) is 1. The zero-order chi connectivity index (χ0) is 10.6. The quantitative estimate of drug-likeness (QED) is 0.762. The average Bonchev–Trinajstić information content (AvgIpc) is 2.14. The van der Waals surface area contributed by atoms with Crippen LogP contribution in [0.3, 0.4) is 0 Å². The lowest BCUT2D eigenvalue weighted by molar-refractivity contribution is -0.137. The first-order chi connectivity index (χ1) is 6.54. The standard InChI is InChI=1S/C9H9F3N2/c1-2-4-13-8-6-7(3-5-14-8)9(10,11)12/h2-3,5-6H,1,4H2,(H,13,14). The van der Waals surface area contributed by atoms with Crippen molar-refractivity contribution in [3.05, 3.63) is 36.5 Å². The molecule has 76 valence electrons. The fourth-order valence-corrected chi connectivity index (χ4v) is 0.880. The van der Waals surface area contributed by atoms with Gasteiger partial charge in [0.05, 0.1) is 5.56 Å². The molecule has 0 saturated heterocycles. The molecule has 0 spiro atoms. The van der Waals surface area contributed by atoms with Crippen LogP contribution in [0.4, 0.5) is 19.0 Å². The maximum atomic E-state index is 12.2. The van der Waals surface area contributed by atoms with Gasteiger partial charge in [0.2, 0.25) is 0 Å². The second-order valence-electron chi connectivity index (χ2n) is 2.60. The van der Waals surface area contributed by atoms with Gasteiger partial charge in [0.15, 0.2) is 0 Å². The molecule has 1 aromatic rings. The lowest BCUT2D eigenvalue weighted by Crippen LogP contribution is -2.07. The predicted molar refractivity (Wildman–Crippen MR) is 47.9 cm³/mol. The number of aromatic nitrogens is 1. The van der Waals surface area contributed by atoms with Crippen LogP contribution in [0.1, 0.15) is 5.56 Å². The minimum Gasteiger partial charge on any atom is -0.367 e. The van der Waals surface area contributed by atoms with Gasteiger partial charge in [-0.25, -0.2) is 4.98 Å². The molecule has 0 aliphatic carbocycles. The predicted octanol–water partition coefficient (Wildman–Crippen LogP) is 2.70. The summed E-state index contributed by atoms with van der Waals surface area (Å²) in [5.41, 5.74) is -0.709. The molecule has 0 bridgehead atoms. The molecule has 0 unspecified atom stereocenters. The van der Waals surface area contributed by atoms with Crippen molar-refractivity contribution < 1.29 is 13.2 Å². The summed E-state index contributed by atoms with van der Waals surface area (Å²) in [4.78, 5) is 3.73. The maximum Gasteiger partial charge on any atom is 0.416 e. The minimum absolute atomic E-state index is 0.194. The summed E-state index contributed by atoms with van der Waals surface area (Å²) >= 11 is 0. The number of nitrogens with one attached hydrogen (secondary N) is 1. The highest BCUT2D eigenvalue weighted by atomic mass is 19.4. The molecule has 1 heterocycles. The smallest absolute Gasteiger partial charge is 0.367 e. The second-order valence-corrected chi connectivity index (χ2v) is 2.60. The molecule has 0 saturated carbocycles. The number of hydrogen-bond acceptors (Lipinski definition) is 2.